The van der Waals surface area contributed by atoms with Crippen molar-refractivity contribution in [3.63, 3.8) is 0 Å². The summed E-state index contributed by atoms with van der Waals surface area (Å²) in [6.45, 7) is 6.98. The van der Waals surface area contributed by atoms with Crippen LogP contribution in [0, 0.1) is 0 Å². The number of rotatable bonds is 8. The molecule has 0 radical (unpaired) electrons. The minimum Gasteiger partial charge on any atom is -0.294 e. The highest BCUT2D eigenvalue weighted by molar-refractivity contribution is 5.90. The van der Waals surface area contributed by atoms with Gasteiger partial charge < -0.3 is 0 Å². The van der Waals surface area contributed by atoms with Gasteiger partial charge in [-0.15, -0.1) is 0 Å². The molecule has 3 rings (SSSR count). The first-order chi connectivity index (χ1) is 13.4. The van der Waals surface area contributed by atoms with Crippen molar-refractivity contribution in [2.24, 2.45) is 19.2 Å². The molecule has 0 aromatic carbocycles. The highest BCUT2D eigenvalue weighted by Gasteiger charge is 2.29. The van der Waals surface area contributed by atoms with Crippen molar-refractivity contribution >= 4 is 22.8 Å². The van der Waals surface area contributed by atoms with Crippen molar-refractivity contribution in [2.45, 2.75) is 71.8 Å². The Morgan fingerprint density at radius 2 is 1.61 bits per heavy atom. The molecule has 0 fully saturated rings. The predicted octanol–water partition coefficient (Wildman–Crippen LogP) is 2.94. The molecule has 8 heteroatoms. The zero-order chi connectivity index (χ0) is 20.4. The monoisotopic (exact) mass is 388 g/mol. The Balaban J connectivity index is 1.88. The number of hydrazone groups is 1. The molecule has 0 N–H and O–H groups in total. The van der Waals surface area contributed by atoms with Gasteiger partial charge in [-0.2, -0.15) is 10.1 Å². The summed E-state index contributed by atoms with van der Waals surface area (Å²) in [5.74, 6) is 0.650. The molecule has 2 aromatic rings. The van der Waals surface area contributed by atoms with Gasteiger partial charge in [-0.05, 0) is 20.3 Å². The van der Waals surface area contributed by atoms with Gasteiger partial charge in [0.25, 0.3) is 5.56 Å². The Morgan fingerprint density at radius 3 is 2.29 bits per heavy atom. The Bertz CT molecular complexity index is 997. The van der Waals surface area contributed by atoms with Crippen molar-refractivity contribution < 1.29 is 0 Å². The van der Waals surface area contributed by atoms with Gasteiger partial charge in [-0.1, -0.05) is 45.4 Å². The molecule has 1 aliphatic heterocycles. The van der Waals surface area contributed by atoms with Crippen LogP contribution >= 0.6 is 0 Å². The molecular weight excluding hydrogens is 356 g/mol. The molecule has 0 bridgehead atoms. The summed E-state index contributed by atoms with van der Waals surface area (Å²) >= 11 is 0. The molecule has 2 aromatic heterocycles. The lowest BCUT2D eigenvalue weighted by Crippen LogP contribution is -2.38. The van der Waals surface area contributed by atoms with Gasteiger partial charge in [0.15, 0.2) is 11.2 Å². The van der Waals surface area contributed by atoms with Gasteiger partial charge in [0.05, 0.1) is 11.8 Å². The minimum absolute atomic E-state index is 0.0736. The second-order valence-corrected chi connectivity index (χ2v) is 7.82. The molecule has 28 heavy (non-hydrogen) atoms. The lowest BCUT2D eigenvalue weighted by Gasteiger charge is -2.29. The van der Waals surface area contributed by atoms with Gasteiger partial charge in [-0.3, -0.25) is 18.5 Å². The summed E-state index contributed by atoms with van der Waals surface area (Å²) in [6, 6.07) is -0.0736. The molecule has 154 valence electrons. The van der Waals surface area contributed by atoms with Crippen LogP contribution in [-0.2, 0) is 14.1 Å². The van der Waals surface area contributed by atoms with Crippen molar-refractivity contribution in [1.82, 2.24) is 18.7 Å². The van der Waals surface area contributed by atoms with Crippen molar-refractivity contribution in [3.8, 4) is 0 Å². The van der Waals surface area contributed by atoms with Gasteiger partial charge >= 0.3 is 5.69 Å². The van der Waals surface area contributed by atoms with Gasteiger partial charge in [0, 0.05) is 20.6 Å². The van der Waals surface area contributed by atoms with Gasteiger partial charge in [0.2, 0.25) is 5.95 Å². The molecule has 0 spiro atoms. The molecule has 0 amide bonds. The van der Waals surface area contributed by atoms with E-state index in [1.54, 1.807) is 7.05 Å². The van der Waals surface area contributed by atoms with Crippen LogP contribution in [0.25, 0.3) is 11.2 Å². The van der Waals surface area contributed by atoms with Crippen LogP contribution in [0.3, 0.4) is 0 Å². The fourth-order valence-electron chi connectivity index (χ4n) is 3.83. The van der Waals surface area contributed by atoms with Crippen LogP contribution in [-0.4, -0.2) is 30.9 Å². The Hall–Kier alpha value is -2.38. The van der Waals surface area contributed by atoms with E-state index in [2.05, 4.69) is 11.9 Å². The standard InChI is InChI=1S/C20H32N6O2/c1-6-7-8-9-10-11-12-13-25-19-21-17-16(26(19)15(3)14(2)22-25)18(27)24(5)20(28)23(17)4/h15H,6-13H2,1-5H3. The molecule has 3 heterocycles. The van der Waals surface area contributed by atoms with Gasteiger partial charge in [0.1, 0.15) is 0 Å². The number of hydrogen-bond donors (Lipinski definition) is 0. The summed E-state index contributed by atoms with van der Waals surface area (Å²) in [5.41, 5.74) is 1.15. The van der Waals surface area contributed by atoms with Crippen molar-refractivity contribution in [1.29, 1.82) is 0 Å². The average Bonchev–Trinajstić information content (AvgIpc) is 3.09. The van der Waals surface area contributed by atoms with Crippen LogP contribution in [0.5, 0.6) is 0 Å². The molecule has 0 saturated heterocycles. The van der Waals surface area contributed by atoms with E-state index >= 15 is 0 Å². The highest BCUT2D eigenvalue weighted by Crippen LogP contribution is 2.29. The summed E-state index contributed by atoms with van der Waals surface area (Å²) in [6.07, 6.45) is 8.58. The molecule has 1 atom stereocenters. The number of fused-ring (bicyclic) bond motifs is 3. The molecule has 8 nitrogen and oxygen atoms in total. The number of imidazole rings is 1. The van der Waals surface area contributed by atoms with E-state index in [-0.39, 0.29) is 17.3 Å². The SMILES string of the molecule is CCCCCCCCCN1N=C(C)C(C)n2c1nc1c2c(=O)n(C)c(=O)n1C. The van der Waals surface area contributed by atoms with Crippen LogP contribution < -0.4 is 16.3 Å². The van der Waals surface area contributed by atoms with E-state index in [0.717, 1.165) is 29.7 Å². The topological polar surface area (TPSA) is 77.4 Å². The summed E-state index contributed by atoms with van der Waals surface area (Å²) in [5, 5.41) is 6.62. The number of unbranched alkanes of at least 4 members (excludes halogenated alkanes) is 6. The minimum atomic E-state index is -0.364. The van der Waals surface area contributed by atoms with E-state index in [1.165, 1.54) is 43.7 Å². The lowest BCUT2D eigenvalue weighted by molar-refractivity contribution is 0.571. The summed E-state index contributed by atoms with van der Waals surface area (Å²) in [4.78, 5) is 29.8. The maximum absolute atomic E-state index is 12.8. The number of aromatic nitrogens is 4. The maximum Gasteiger partial charge on any atom is 0.332 e. The van der Waals surface area contributed by atoms with E-state index in [0.29, 0.717) is 17.1 Å². The van der Waals surface area contributed by atoms with E-state index in [1.807, 2.05) is 23.4 Å². The van der Waals surface area contributed by atoms with E-state index < -0.39 is 0 Å². The Labute approximate surface area is 165 Å². The lowest BCUT2D eigenvalue weighted by atomic mass is 10.1. The number of hydrogen-bond acceptors (Lipinski definition) is 5. The van der Waals surface area contributed by atoms with Crippen LogP contribution in [0.1, 0.15) is 71.8 Å². The Kier molecular flexibility index (Phi) is 6.05. The second kappa shape index (κ2) is 8.32. The number of nitrogens with zero attached hydrogens (tertiary/aromatic N) is 6. The summed E-state index contributed by atoms with van der Waals surface area (Å²) in [7, 11) is 3.16. The zero-order valence-corrected chi connectivity index (χ0v) is 17.7. The molecule has 1 aliphatic rings. The van der Waals surface area contributed by atoms with E-state index in [9.17, 15) is 9.59 Å². The normalized spacial score (nSPS) is 16.5. The fourth-order valence-corrected chi connectivity index (χ4v) is 3.83. The first-order valence-electron chi connectivity index (χ1n) is 10.4. The molecule has 1 unspecified atom stereocenters. The third-order valence-corrected chi connectivity index (χ3v) is 5.75. The smallest absolute Gasteiger partial charge is 0.294 e. The predicted molar refractivity (Wildman–Crippen MR) is 113 cm³/mol. The molecular formula is C20H32N6O2. The Morgan fingerprint density at radius 1 is 0.964 bits per heavy atom. The summed E-state index contributed by atoms with van der Waals surface area (Å²) < 4.78 is 4.52. The highest BCUT2D eigenvalue weighted by atomic mass is 16.2. The van der Waals surface area contributed by atoms with E-state index in [4.69, 9.17) is 5.10 Å². The molecule has 0 aliphatic carbocycles. The van der Waals surface area contributed by atoms with Crippen molar-refractivity contribution in [3.05, 3.63) is 20.8 Å². The third kappa shape index (κ3) is 3.52. The van der Waals surface area contributed by atoms with Gasteiger partial charge in [-0.25, -0.2) is 9.80 Å². The number of aryl methyl sites for hydroxylation is 1. The second-order valence-electron chi connectivity index (χ2n) is 7.82. The van der Waals surface area contributed by atoms with Crippen LogP contribution in [0.2, 0.25) is 0 Å². The zero-order valence-electron chi connectivity index (χ0n) is 17.7. The first kappa shape index (κ1) is 20.4. The molecule has 0 saturated carbocycles. The third-order valence-electron chi connectivity index (χ3n) is 5.75. The largest absolute Gasteiger partial charge is 0.332 e. The number of anilines is 1. The van der Waals surface area contributed by atoms with Crippen molar-refractivity contribution in [2.75, 3.05) is 11.6 Å². The van der Waals surface area contributed by atoms with Crippen LogP contribution in [0.4, 0.5) is 5.95 Å². The average molecular weight is 389 g/mol. The fraction of sp³-hybridized carbons (Fsp3) is 0.700. The maximum atomic E-state index is 12.8. The quantitative estimate of drug-likeness (QED) is 0.652. The first-order valence-corrected chi connectivity index (χ1v) is 10.4. The van der Waals surface area contributed by atoms with Crippen LogP contribution in [0.15, 0.2) is 14.7 Å².